The predicted octanol–water partition coefficient (Wildman–Crippen LogP) is 12.9. The second-order valence-corrected chi connectivity index (χ2v) is 12.6. The van der Waals surface area contributed by atoms with Crippen molar-refractivity contribution in [1.82, 2.24) is 0 Å². The van der Waals surface area contributed by atoms with Crippen LogP contribution in [0.5, 0.6) is 5.75 Å². The van der Waals surface area contributed by atoms with Gasteiger partial charge < -0.3 is 13.6 Å². The number of aryl methyl sites for hydroxylation is 1. The van der Waals surface area contributed by atoms with Crippen molar-refractivity contribution in [3.05, 3.63) is 29.8 Å². The molecule has 3 nitrogen and oxygen atoms in total. The maximum absolute atomic E-state index is 6.21. The van der Waals surface area contributed by atoms with Crippen molar-refractivity contribution in [2.24, 2.45) is 0 Å². The molecule has 228 valence electrons. The molecule has 0 bridgehead atoms. The number of benzene rings is 1. The highest BCUT2D eigenvalue weighted by atomic mass is 31.2. The van der Waals surface area contributed by atoms with E-state index >= 15 is 0 Å². The molecule has 0 amide bonds. The molecule has 0 aliphatic rings. The van der Waals surface area contributed by atoms with Gasteiger partial charge in [-0.15, -0.1) is 0 Å². The molecule has 0 N–H and O–H groups in total. The first kappa shape index (κ1) is 36.4. The fraction of sp³-hybridized carbons (Fsp3) is 0.829. The minimum absolute atomic E-state index is 0.731. The summed E-state index contributed by atoms with van der Waals surface area (Å²) in [5, 5.41) is 0. The highest BCUT2D eigenvalue weighted by molar-refractivity contribution is 7.42. The molecular formula is C35H65O3P. The van der Waals surface area contributed by atoms with E-state index in [0.29, 0.717) is 0 Å². The molecule has 0 radical (unpaired) electrons. The van der Waals surface area contributed by atoms with Gasteiger partial charge in [-0.2, -0.15) is 0 Å². The molecule has 0 unspecified atom stereocenters. The predicted molar refractivity (Wildman–Crippen MR) is 173 cm³/mol. The number of unbranched alkanes of at least 4 members (excludes halogenated alkanes) is 20. The summed E-state index contributed by atoms with van der Waals surface area (Å²) in [5.41, 5.74) is 1.40. The Morgan fingerprint density at radius 1 is 0.436 bits per heavy atom. The zero-order valence-corrected chi connectivity index (χ0v) is 27.3. The molecule has 0 saturated carbocycles. The first-order valence-corrected chi connectivity index (χ1v) is 18.2. The van der Waals surface area contributed by atoms with Crippen molar-refractivity contribution in [2.45, 2.75) is 175 Å². The van der Waals surface area contributed by atoms with Crippen LogP contribution in [0.4, 0.5) is 0 Å². The fourth-order valence-corrected chi connectivity index (χ4v) is 5.96. The van der Waals surface area contributed by atoms with E-state index in [1.54, 1.807) is 0 Å². The quantitative estimate of drug-likeness (QED) is 0.0687. The van der Waals surface area contributed by atoms with Gasteiger partial charge in [-0.1, -0.05) is 161 Å². The summed E-state index contributed by atoms with van der Waals surface area (Å²) < 4.78 is 18.5. The van der Waals surface area contributed by atoms with Crippen LogP contribution < -0.4 is 4.52 Å². The highest BCUT2D eigenvalue weighted by Gasteiger charge is 2.15. The summed E-state index contributed by atoms with van der Waals surface area (Å²) in [4.78, 5) is 0. The molecule has 0 spiro atoms. The minimum atomic E-state index is -1.33. The van der Waals surface area contributed by atoms with Crippen LogP contribution in [-0.4, -0.2) is 13.2 Å². The molecule has 0 aliphatic carbocycles. The summed E-state index contributed by atoms with van der Waals surface area (Å²) in [6, 6.07) is 8.64. The van der Waals surface area contributed by atoms with E-state index < -0.39 is 8.60 Å². The van der Waals surface area contributed by atoms with Crippen molar-refractivity contribution < 1.29 is 13.6 Å². The van der Waals surface area contributed by atoms with Crippen molar-refractivity contribution in [1.29, 1.82) is 0 Å². The summed E-state index contributed by atoms with van der Waals surface area (Å²) in [7, 11) is -1.33. The molecule has 0 aliphatic heterocycles. The SMILES string of the molecule is CCCCCCCCCCOP(OCCCCCCCCCC)Oc1ccc(CCCCCCCCC)cc1. The largest absolute Gasteiger partial charge is 0.427 e. The lowest BCUT2D eigenvalue weighted by molar-refractivity contribution is 0.198. The number of hydrogen-bond donors (Lipinski definition) is 0. The lowest BCUT2D eigenvalue weighted by atomic mass is 10.0. The normalized spacial score (nSPS) is 11.5. The third-order valence-corrected chi connectivity index (χ3v) is 8.71. The van der Waals surface area contributed by atoms with Gasteiger partial charge >= 0.3 is 8.60 Å². The average Bonchev–Trinajstić information content (AvgIpc) is 2.95. The van der Waals surface area contributed by atoms with Gasteiger partial charge in [0, 0.05) is 0 Å². The lowest BCUT2D eigenvalue weighted by Gasteiger charge is -2.17. The Kier molecular flexibility index (Phi) is 27.0. The van der Waals surface area contributed by atoms with Crippen LogP contribution in [0.25, 0.3) is 0 Å². The number of rotatable bonds is 30. The zero-order valence-electron chi connectivity index (χ0n) is 26.4. The molecule has 4 heteroatoms. The Morgan fingerprint density at radius 2 is 0.795 bits per heavy atom. The van der Waals surface area contributed by atoms with Crippen LogP contribution in [0.15, 0.2) is 24.3 Å². The topological polar surface area (TPSA) is 27.7 Å². The van der Waals surface area contributed by atoms with Crippen molar-refractivity contribution in [2.75, 3.05) is 13.2 Å². The number of hydrogen-bond acceptors (Lipinski definition) is 3. The smallest absolute Gasteiger partial charge is 0.397 e. The van der Waals surface area contributed by atoms with Crippen LogP contribution in [0.1, 0.15) is 174 Å². The molecule has 0 saturated heterocycles. The Hall–Kier alpha value is -0.630. The van der Waals surface area contributed by atoms with E-state index in [2.05, 4.69) is 45.0 Å². The molecule has 0 fully saturated rings. The maximum Gasteiger partial charge on any atom is 0.397 e. The van der Waals surface area contributed by atoms with Gasteiger partial charge in [0.2, 0.25) is 0 Å². The van der Waals surface area contributed by atoms with Crippen LogP contribution in [-0.2, 0) is 15.5 Å². The molecule has 1 aromatic rings. The monoisotopic (exact) mass is 564 g/mol. The lowest BCUT2D eigenvalue weighted by Crippen LogP contribution is -2.01. The summed E-state index contributed by atoms with van der Waals surface area (Å²) in [6.07, 6.45) is 31.5. The third kappa shape index (κ3) is 23.7. The van der Waals surface area contributed by atoms with E-state index in [1.165, 1.54) is 140 Å². The van der Waals surface area contributed by atoms with Crippen LogP contribution in [0, 0.1) is 0 Å². The summed E-state index contributed by atoms with van der Waals surface area (Å²) in [6.45, 7) is 8.30. The Labute approximate surface area is 245 Å². The van der Waals surface area contributed by atoms with Gasteiger partial charge in [0.05, 0.1) is 13.2 Å². The first-order chi connectivity index (χ1) is 19.3. The minimum Gasteiger partial charge on any atom is -0.427 e. The second kappa shape index (κ2) is 28.9. The van der Waals surface area contributed by atoms with Crippen molar-refractivity contribution >= 4 is 8.60 Å². The van der Waals surface area contributed by atoms with E-state index in [4.69, 9.17) is 13.6 Å². The molecular weight excluding hydrogens is 499 g/mol. The fourth-order valence-electron chi connectivity index (χ4n) is 4.93. The van der Waals surface area contributed by atoms with Crippen molar-refractivity contribution in [3.8, 4) is 5.75 Å². The van der Waals surface area contributed by atoms with Gasteiger partial charge in [0.25, 0.3) is 0 Å². The molecule has 39 heavy (non-hydrogen) atoms. The van der Waals surface area contributed by atoms with Gasteiger partial charge in [0.1, 0.15) is 5.75 Å². The highest BCUT2D eigenvalue weighted by Crippen LogP contribution is 2.41. The van der Waals surface area contributed by atoms with E-state index in [1.807, 2.05) is 0 Å². The Balaban J connectivity index is 2.33. The van der Waals surface area contributed by atoms with E-state index in [9.17, 15) is 0 Å². The van der Waals surface area contributed by atoms with Gasteiger partial charge in [-0.05, 0) is 43.4 Å². The van der Waals surface area contributed by atoms with E-state index in [0.717, 1.165) is 38.2 Å². The standard InChI is InChI=1S/C35H65O3P/c1-4-7-10-13-16-19-22-25-32-36-39(37-33-26-23-20-17-14-11-8-5-2)38-35-30-28-34(29-31-35)27-24-21-18-15-12-9-6-3/h28-31H,4-27,32-33H2,1-3H3. The third-order valence-electron chi connectivity index (χ3n) is 7.56. The van der Waals surface area contributed by atoms with Crippen molar-refractivity contribution in [3.63, 3.8) is 0 Å². The van der Waals surface area contributed by atoms with Gasteiger partial charge in [-0.25, -0.2) is 0 Å². The Bertz CT molecular complexity index is 584. The van der Waals surface area contributed by atoms with Crippen LogP contribution >= 0.6 is 8.60 Å². The molecule has 1 rings (SSSR count). The van der Waals surface area contributed by atoms with Crippen LogP contribution in [0.3, 0.4) is 0 Å². The molecule has 0 heterocycles. The Morgan fingerprint density at radius 3 is 1.21 bits per heavy atom. The summed E-state index contributed by atoms with van der Waals surface area (Å²) >= 11 is 0. The van der Waals surface area contributed by atoms with Crippen LogP contribution in [0.2, 0.25) is 0 Å². The van der Waals surface area contributed by atoms with Gasteiger partial charge in [0.15, 0.2) is 0 Å². The molecule has 0 atom stereocenters. The van der Waals surface area contributed by atoms with E-state index in [-0.39, 0.29) is 0 Å². The molecule has 1 aromatic carbocycles. The average molecular weight is 565 g/mol. The molecule has 0 aromatic heterocycles. The maximum atomic E-state index is 6.21. The second-order valence-electron chi connectivity index (χ2n) is 11.4. The zero-order chi connectivity index (χ0) is 28.1. The first-order valence-electron chi connectivity index (χ1n) is 17.1. The van der Waals surface area contributed by atoms with Gasteiger partial charge in [-0.3, -0.25) is 0 Å². The summed E-state index contributed by atoms with van der Waals surface area (Å²) in [5.74, 6) is 0.872.